The van der Waals surface area contributed by atoms with Gasteiger partial charge >= 0.3 is 5.97 Å². The molecule has 1 N–H and O–H groups in total. The van der Waals surface area contributed by atoms with Gasteiger partial charge in [-0.3, -0.25) is 4.79 Å². The van der Waals surface area contributed by atoms with Crippen LogP contribution in [0.2, 0.25) is 0 Å². The lowest BCUT2D eigenvalue weighted by atomic mass is 10.3. The Morgan fingerprint density at radius 2 is 2.41 bits per heavy atom. The molecule has 0 aromatic carbocycles. The lowest BCUT2D eigenvalue weighted by Gasteiger charge is -2.01. The Labute approximate surface area is 96.3 Å². The van der Waals surface area contributed by atoms with Crippen molar-refractivity contribution < 1.29 is 13.9 Å². The smallest absolute Gasteiger partial charge is 0.345 e. The standard InChI is InChI=1S/C11H10N2O4/c1-2-16-11(15)7-6-12-9(13-10(7)14)8-4-3-5-17-8/h3-6H,2H2,1H3,(H,12,13,14). The van der Waals surface area contributed by atoms with Crippen LogP contribution >= 0.6 is 0 Å². The number of hydrogen-bond acceptors (Lipinski definition) is 5. The van der Waals surface area contributed by atoms with Crippen molar-refractivity contribution in [3.63, 3.8) is 0 Å². The lowest BCUT2D eigenvalue weighted by molar-refractivity contribution is 0.0523. The summed E-state index contributed by atoms with van der Waals surface area (Å²) in [7, 11) is 0. The van der Waals surface area contributed by atoms with Crippen LogP contribution in [0.15, 0.2) is 33.8 Å². The Balaban J connectivity index is 2.36. The van der Waals surface area contributed by atoms with Crippen LogP contribution in [-0.2, 0) is 4.74 Å². The van der Waals surface area contributed by atoms with Gasteiger partial charge in [-0.1, -0.05) is 0 Å². The highest BCUT2D eigenvalue weighted by Gasteiger charge is 2.13. The van der Waals surface area contributed by atoms with E-state index in [0.29, 0.717) is 5.76 Å². The first-order valence-electron chi connectivity index (χ1n) is 5.02. The van der Waals surface area contributed by atoms with Crippen LogP contribution < -0.4 is 5.56 Å². The monoisotopic (exact) mass is 234 g/mol. The predicted molar refractivity (Wildman–Crippen MR) is 58.5 cm³/mol. The average Bonchev–Trinajstić information content (AvgIpc) is 2.82. The van der Waals surface area contributed by atoms with Gasteiger partial charge < -0.3 is 14.1 Å². The zero-order valence-electron chi connectivity index (χ0n) is 9.10. The lowest BCUT2D eigenvalue weighted by Crippen LogP contribution is -2.20. The first-order chi connectivity index (χ1) is 8.22. The van der Waals surface area contributed by atoms with Gasteiger partial charge in [0, 0.05) is 6.20 Å². The molecule has 0 fully saturated rings. The van der Waals surface area contributed by atoms with Gasteiger partial charge in [-0.2, -0.15) is 0 Å². The fraction of sp³-hybridized carbons (Fsp3) is 0.182. The van der Waals surface area contributed by atoms with Crippen LogP contribution in [0, 0.1) is 0 Å². The third-order valence-electron chi connectivity index (χ3n) is 2.05. The van der Waals surface area contributed by atoms with Crippen molar-refractivity contribution in [1.29, 1.82) is 0 Å². The van der Waals surface area contributed by atoms with E-state index in [1.54, 1.807) is 19.1 Å². The number of H-pyrrole nitrogens is 1. The van der Waals surface area contributed by atoms with Gasteiger partial charge in [0.05, 0.1) is 12.9 Å². The molecule has 2 aromatic heterocycles. The molecule has 0 aliphatic rings. The minimum absolute atomic E-state index is 0.123. The average molecular weight is 234 g/mol. The van der Waals surface area contributed by atoms with Gasteiger partial charge in [0.2, 0.25) is 0 Å². The van der Waals surface area contributed by atoms with Crippen molar-refractivity contribution in [3.8, 4) is 11.6 Å². The molecular weight excluding hydrogens is 224 g/mol. The molecule has 0 amide bonds. The Morgan fingerprint density at radius 1 is 1.59 bits per heavy atom. The number of nitrogens with one attached hydrogen (secondary N) is 1. The number of furan rings is 1. The number of aromatic amines is 1. The van der Waals surface area contributed by atoms with E-state index in [4.69, 9.17) is 9.15 Å². The normalized spacial score (nSPS) is 10.2. The number of ether oxygens (including phenoxy) is 1. The maximum Gasteiger partial charge on any atom is 0.345 e. The minimum Gasteiger partial charge on any atom is -0.462 e. The summed E-state index contributed by atoms with van der Waals surface area (Å²) >= 11 is 0. The van der Waals surface area contributed by atoms with Crippen LogP contribution in [0.3, 0.4) is 0 Å². The molecular formula is C11H10N2O4. The molecule has 0 aliphatic carbocycles. The zero-order valence-corrected chi connectivity index (χ0v) is 9.10. The quantitative estimate of drug-likeness (QED) is 0.806. The number of hydrogen-bond donors (Lipinski definition) is 1. The van der Waals surface area contributed by atoms with Crippen molar-refractivity contribution in [2.24, 2.45) is 0 Å². The maximum atomic E-state index is 11.6. The van der Waals surface area contributed by atoms with E-state index < -0.39 is 11.5 Å². The highest BCUT2D eigenvalue weighted by atomic mass is 16.5. The molecule has 0 bridgehead atoms. The fourth-order valence-corrected chi connectivity index (χ4v) is 1.29. The fourth-order valence-electron chi connectivity index (χ4n) is 1.29. The second kappa shape index (κ2) is 4.65. The molecule has 6 heteroatoms. The van der Waals surface area contributed by atoms with Crippen LogP contribution in [0.4, 0.5) is 0 Å². The summed E-state index contributed by atoms with van der Waals surface area (Å²) in [6, 6.07) is 3.33. The highest BCUT2D eigenvalue weighted by Crippen LogP contribution is 2.12. The van der Waals surface area contributed by atoms with E-state index in [-0.39, 0.29) is 18.0 Å². The molecule has 2 rings (SSSR count). The van der Waals surface area contributed by atoms with E-state index in [9.17, 15) is 9.59 Å². The van der Waals surface area contributed by atoms with E-state index >= 15 is 0 Å². The van der Waals surface area contributed by atoms with Crippen LogP contribution in [0.25, 0.3) is 11.6 Å². The third kappa shape index (κ3) is 2.25. The van der Waals surface area contributed by atoms with E-state index in [0.717, 1.165) is 0 Å². The number of esters is 1. The zero-order chi connectivity index (χ0) is 12.3. The second-order valence-electron chi connectivity index (χ2n) is 3.17. The Bertz CT molecular complexity index is 571. The second-order valence-corrected chi connectivity index (χ2v) is 3.17. The maximum absolute atomic E-state index is 11.6. The molecule has 0 radical (unpaired) electrons. The molecule has 2 aromatic rings. The molecule has 0 spiro atoms. The molecule has 6 nitrogen and oxygen atoms in total. The van der Waals surface area contributed by atoms with Crippen molar-refractivity contribution in [3.05, 3.63) is 40.5 Å². The van der Waals surface area contributed by atoms with Gasteiger partial charge in [0.1, 0.15) is 5.56 Å². The Kier molecular flexibility index (Phi) is 3.04. The number of rotatable bonds is 3. The summed E-state index contributed by atoms with van der Waals surface area (Å²) in [4.78, 5) is 29.4. The van der Waals surface area contributed by atoms with E-state index in [2.05, 4.69) is 9.97 Å². The van der Waals surface area contributed by atoms with Gasteiger partial charge in [0.15, 0.2) is 11.6 Å². The van der Waals surface area contributed by atoms with Gasteiger partial charge in [-0.15, -0.1) is 0 Å². The molecule has 0 saturated heterocycles. The summed E-state index contributed by atoms with van der Waals surface area (Å²) in [5.41, 5.74) is -0.674. The Morgan fingerprint density at radius 3 is 3.00 bits per heavy atom. The summed E-state index contributed by atoms with van der Waals surface area (Å²) in [6.45, 7) is 1.87. The summed E-state index contributed by atoms with van der Waals surface area (Å²) < 4.78 is 9.79. The molecule has 0 unspecified atom stereocenters. The predicted octanol–water partition coefficient (Wildman–Crippen LogP) is 1.21. The van der Waals surface area contributed by atoms with Crippen LogP contribution in [0.1, 0.15) is 17.3 Å². The molecule has 0 saturated carbocycles. The minimum atomic E-state index is -0.688. The number of carbonyl (C=O) groups excluding carboxylic acids is 1. The number of aromatic nitrogens is 2. The molecule has 88 valence electrons. The largest absolute Gasteiger partial charge is 0.462 e. The SMILES string of the molecule is CCOC(=O)c1cnc(-c2ccco2)[nH]c1=O. The molecule has 0 aliphatic heterocycles. The molecule has 2 heterocycles. The number of carbonyl (C=O) groups is 1. The summed E-state index contributed by atoms with van der Waals surface area (Å²) in [5.74, 6) is 0.0119. The van der Waals surface area contributed by atoms with Crippen molar-refractivity contribution in [2.45, 2.75) is 6.92 Å². The van der Waals surface area contributed by atoms with E-state index in [1.165, 1.54) is 12.5 Å². The van der Waals surface area contributed by atoms with Crippen molar-refractivity contribution in [1.82, 2.24) is 9.97 Å². The Hall–Kier alpha value is -2.37. The molecule has 0 atom stereocenters. The van der Waals surface area contributed by atoms with Gasteiger partial charge in [-0.25, -0.2) is 9.78 Å². The van der Waals surface area contributed by atoms with E-state index in [1.807, 2.05) is 0 Å². The third-order valence-corrected chi connectivity index (χ3v) is 2.05. The topological polar surface area (TPSA) is 85.2 Å². The van der Waals surface area contributed by atoms with Gasteiger partial charge in [0.25, 0.3) is 5.56 Å². The van der Waals surface area contributed by atoms with Crippen LogP contribution in [-0.4, -0.2) is 22.5 Å². The van der Waals surface area contributed by atoms with Crippen LogP contribution in [0.5, 0.6) is 0 Å². The van der Waals surface area contributed by atoms with Gasteiger partial charge in [-0.05, 0) is 19.1 Å². The molecule has 17 heavy (non-hydrogen) atoms. The summed E-state index contributed by atoms with van der Waals surface area (Å²) in [5, 5.41) is 0. The summed E-state index contributed by atoms with van der Waals surface area (Å²) in [6.07, 6.45) is 2.64. The first-order valence-corrected chi connectivity index (χ1v) is 5.02. The first kappa shape index (κ1) is 11.1. The van der Waals surface area contributed by atoms with Crippen molar-refractivity contribution >= 4 is 5.97 Å². The van der Waals surface area contributed by atoms with Crippen molar-refractivity contribution in [2.75, 3.05) is 6.61 Å². The number of nitrogens with zero attached hydrogens (tertiary/aromatic N) is 1. The highest BCUT2D eigenvalue weighted by molar-refractivity contribution is 5.88.